The lowest BCUT2D eigenvalue weighted by Gasteiger charge is -2.06. The van der Waals surface area contributed by atoms with Crippen molar-refractivity contribution in [2.24, 2.45) is 5.92 Å². The molecule has 0 fully saturated rings. The van der Waals surface area contributed by atoms with Gasteiger partial charge in [-0.3, -0.25) is 9.59 Å². The van der Waals surface area contributed by atoms with Gasteiger partial charge in [-0.2, -0.15) is 11.8 Å². The summed E-state index contributed by atoms with van der Waals surface area (Å²) in [6.45, 7) is 5.04. The summed E-state index contributed by atoms with van der Waals surface area (Å²) in [5.74, 6) is 1.04. The molecule has 0 saturated heterocycles. The quantitative estimate of drug-likeness (QED) is 0.353. The molecule has 0 atom stereocenters. The number of esters is 1. The number of carbonyl (C=O) groups is 2. The van der Waals surface area contributed by atoms with Gasteiger partial charge >= 0.3 is 11.9 Å². The molecule has 0 bridgehead atoms. The first kappa shape index (κ1) is 21.3. The third-order valence-electron chi connectivity index (χ3n) is 3.35. The van der Waals surface area contributed by atoms with Crippen LogP contribution >= 0.6 is 11.8 Å². The van der Waals surface area contributed by atoms with Crippen molar-refractivity contribution in [2.45, 2.75) is 71.6 Å². The smallest absolute Gasteiger partial charge is 0.306 e. The summed E-state index contributed by atoms with van der Waals surface area (Å²) >= 11 is 1.49. The van der Waals surface area contributed by atoms with Crippen LogP contribution in [-0.4, -0.2) is 35.2 Å². The van der Waals surface area contributed by atoms with Crippen LogP contribution in [0.5, 0.6) is 0 Å². The Hall–Kier alpha value is -0.710. The number of ether oxygens (including phenoxy) is 1. The summed E-state index contributed by atoms with van der Waals surface area (Å²) in [4.78, 5) is 21.7. The maximum absolute atomic E-state index is 11.4. The highest BCUT2D eigenvalue weighted by Gasteiger charge is 2.03. The first-order chi connectivity index (χ1) is 10.5. The van der Waals surface area contributed by atoms with E-state index in [2.05, 4.69) is 13.8 Å². The van der Waals surface area contributed by atoms with E-state index in [0.29, 0.717) is 24.5 Å². The number of rotatable bonds is 15. The molecule has 0 unspecified atom stereocenters. The molecule has 0 aromatic carbocycles. The van der Waals surface area contributed by atoms with E-state index in [1.54, 1.807) is 0 Å². The lowest BCUT2D eigenvalue weighted by molar-refractivity contribution is -0.143. The maximum atomic E-state index is 11.4. The minimum Gasteiger partial charge on any atom is -0.481 e. The number of thioether (sulfide) groups is 1. The van der Waals surface area contributed by atoms with Gasteiger partial charge in [0.1, 0.15) is 0 Å². The Morgan fingerprint density at radius 1 is 0.955 bits per heavy atom. The largest absolute Gasteiger partial charge is 0.481 e. The molecule has 0 saturated carbocycles. The molecule has 130 valence electrons. The highest BCUT2D eigenvalue weighted by Crippen LogP contribution is 2.11. The van der Waals surface area contributed by atoms with E-state index in [1.165, 1.54) is 43.9 Å². The molecule has 5 heteroatoms. The standard InChI is InChI=1S/C17H32O4S/c1-15(2)9-7-5-3-4-6-8-12-21-17(20)11-14-22-13-10-16(18)19/h15H,3-14H2,1-2H3,(H,18,19). The van der Waals surface area contributed by atoms with E-state index < -0.39 is 5.97 Å². The van der Waals surface area contributed by atoms with Crippen molar-refractivity contribution in [3.8, 4) is 0 Å². The number of aliphatic carboxylic acids is 1. The summed E-state index contributed by atoms with van der Waals surface area (Å²) in [6, 6.07) is 0. The van der Waals surface area contributed by atoms with Crippen LogP contribution in [0.4, 0.5) is 0 Å². The molecule has 0 aliphatic carbocycles. The van der Waals surface area contributed by atoms with Gasteiger partial charge in [0, 0.05) is 11.5 Å². The Bertz CT molecular complexity index is 292. The Kier molecular flexibility index (Phi) is 14.7. The lowest BCUT2D eigenvalue weighted by Crippen LogP contribution is -2.07. The summed E-state index contributed by atoms with van der Waals surface area (Å²) in [6.07, 6.45) is 9.06. The summed E-state index contributed by atoms with van der Waals surface area (Å²) in [5, 5.41) is 8.48. The number of carboxylic acid groups (broad SMARTS) is 1. The number of carboxylic acids is 1. The molecule has 0 radical (unpaired) electrons. The van der Waals surface area contributed by atoms with Crippen LogP contribution in [0.2, 0.25) is 0 Å². The second-order valence-corrected chi connectivity index (χ2v) is 7.26. The van der Waals surface area contributed by atoms with Crippen molar-refractivity contribution in [3.05, 3.63) is 0 Å². The van der Waals surface area contributed by atoms with E-state index in [1.807, 2.05) is 0 Å². The van der Waals surface area contributed by atoms with E-state index in [9.17, 15) is 9.59 Å². The molecule has 4 nitrogen and oxygen atoms in total. The first-order valence-corrected chi connectivity index (χ1v) is 9.63. The van der Waals surface area contributed by atoms with Crippen LogP contribution in [0.15, 0.2) is 0 Å². The van der Waals surface area contributed by atoms with Crippen molar-refractivity contribution in [2.75, 3.05) is 18.1 Å². The van der Waals surface area contributed by atoms with Gasteiger partial charge in [-0.05, 0) is 12.3 Å². The Morgan fingerprint density at radius 3 is 2.18 bits per heavy atom. The van der Waals surface area contributed by atoms with Gasteiger partial charge in [0.2, 0.25) is 0 Å². The van der Waals surface area contributed by atoms with Crippen molar-refractivity contribution in [1.82, 2.24) is 0 Å². The molecule has 0 rings (SSSR count). The Labute approximate surface area is 139 Å². The molecule has 22 heavy (non-hydrogen) atoms. The van der Waals surface area contributed by atoms with E-state index in [0.717, 1.165) is 18.8 Å². The summed E-state index contributed by atoms with van der Waals surface area (Å²) < 4.78 is 5.16. The predicted octanol–water partition coefficient (Wildman–Crippen LogP) is 4.51. The average molecular weight is 333 g/mol. The number of unbranched alkanes of at least 4 members (excludes halogenated alkanes) is 5. The van der Waals surface area contributed by atoms with Crippen LogP contribution in [0.1, 0.15) is 71.6 Å². The number of hydrogen-bond donors (Lipinski definition) is 1. The molecule has 0 aliphatic rings. The molecule has 1 N–H and O–H groups in total. The van der Waals surface area contributed by atoms with Gasteiger partial charge in [-0.25, -0.2) is 0 Å². The Balaban J connectivity index is 3.20. The van der Waals surface area contributed by atoms with Crippen LogP contribution in [0.25, 0.3) is 0 Å². The molecule has 0 spiro atoms. The van der Waals surface area contributed by atoms with E-state index in [4.69, 9.17) is 9.84 Å². The topological polar surface area (TPSA) is 63.6 Å². The van der Waals surface area contributed by atoms with Gasteiger partial charge in [0.15, 0.2) is 0 Å². The minimum atomic E-state index is -0.792. The highest BCUT2D eigenvalue weighted by molar-refractivity contribution is 7.99. The molecule has 0 amide bonds. The highest BCUT2D eigenvalue weighted by atomic mass is 32.2. The molecular weight excluding hydrogens is 300 g/mol. The second kappa shape index (κ2) is 15.2. The molecular formula is C17H32O4S. The van der Waals surface area contributed by atoms with Gasteiger partial charge in [-0.15, -0.1) is 0 Å². The fraction of sp³-hybridized carbons (Fsp3) is 0.882. The van der Waals surface area contributed by atoms with Gasteiger partial charge in [-0.1, -0.05) is 52.4 Å². The SMILES string of the molecule is CC(C)CCCCCCCCOC(=O)CCSCCC(=O)O. The monoisotopic (exact) mass is 332 g/mol. The maximum Gasteiger partial charge on any atom is 0.306 e. The molecule has 0 aromatic heterocycles. The normalized spacial score (nSPS) is 10.9. The van der Waals surface area contributed by atoms with Gasteiger partial charge in [0.25, 0.3) is 0 Å². The number of hydrogen-bond acceptors (Lipinski definition) is 4. The van der Waals surface area contributed by atoms with Crippen molar-refractivity contribution >= 4 is 23.7 Å². The van der Waals surface area contributed by atoms with Crippen LogP contribution in [0, 0.1) is 5.92 Å². The van der Waals surface area contributed by atoms with E-state index in [-0.39, 0.29) is 12.4 Å². The minimum absolute atomic E-state index is 0.150. The van der Waals surface area contributed by atoms with Crippen molar-refractivity contribution < 1.29 is 19.4 Å². The van der Waals surface area contributed by atoms with Crippen LogP contribution < -0.4 is 0 Å². The Morgan fingerprint density at radius 2 is 1.55 bits per heavy atom. The third kappa shape index (κ3) is 17.3. The van der Waals surface area contributed by atoms with Gasteiger partial charge < -0.3 is 9.84 Å². The summed E-state index contributed by atoms with van der Waals surface area (Å²) in [7, 11) is 0. The number of carbonyl (C=O) groups excluding carboxylic acids is 1. The second-order valence-electron chi connectivity index (χ2n) is 6.03. The predicted molar refractivity (Wildman–Crippen MR) is 92.3 cm³/mol. The zero-order valence-corrected chi connectivity index (χ0v) is 15.0. The van der Waals surface area contributed by atoms with Gasteiger partial charge in [0.05, 0.1) is 19.4 Å². The van der Waals surface area contributed by atoms with Crippen molar-refractivity contribution in [3.63, 3.8) is 0 Å². The first-order valence-electron chi connectivity index (χ1n) is 8.47. The zero-order valence-electron chi connectivity index (χ0n) is 14.1. The lowest BCUT2D eigenvalue weighted by atomic mass is 10.0. The van der Waals surface area contributed by atoms with E-state index >= 15 is 0 Å². The van der Waals surface area contributed by atoms with Crippen molar-refractivity contribution in [1.29, 1.82) is 0 Å². The van der Waals surface area contributed by atoms with Crippen LogP contribution in [0.3, 0.4) is 0 Å². The third-order valence-corrected chi connectivity index (χ3v) is 4.34. The summed E-state index contributed by atoms with van der Waals surface area (Å²) in [5.41, 5.74) is 0. The zero-order chi connectivity index (χ0) is 16.6. The molecule has 0 aliphatic heterocycles. The molecule has 0 aromatic rings. The molecule has 0 heterocycles. The average Bonchev–Trinajstić information content (AvgIpc) is 2.44. The fourth-order valence-corrected chi connectivity index (χ4v) is 2.87. The fourth-order valence-electron chi connectivity index (χ4n) is 2.04. The van der Waals surface area contributed by atoms with Crippen LogP contribution in [-0.2, 0) is 14.3 Å².